The van der Waals surface area contributed by atoms with E-state index in [4.69, 9.17) is 5.73 Å². The van der Waals surface area contributed by atoms with Crippen molar-refractivity contribution in [3.63, 3.8) is 0 Å². The molecule has 104 valence electrons. The van der Waals surface area contributed by atoms with Crippen molar-refractivity contribution >= 4 is 5.78 Å². The molecule has 0 aliphatic rings. The highest BCUT2D eigenvalue weighted by Gasteiger charge is 2.20. The maximum atomic E-state index is 12.7. The van der Waals surface area contributed by atoms with Gasteiger partial charge in [-0.05, 0) is 23.6 Å². The zero-order chi connectivity index (χ0) is 14.4. The fourth-order valence-corrected chi connectivity index (χ4v) is 2.45. The summed E-state index contributed by atoms with van der Waals surface area (Å²) in [6, 6.07) is 17.7. The molecule has 0 bridgehead atoms. The lowest BCUT2D eigenvalue weighted by molar-refractivity contribution is 0.0962. The summed E-state index contributed by atoms with van der Waals surface area (Å²) < 4.78 is 0. The van der Waals surface area contributed by atoms with Crippen LogP contribution in [0.3, 0.4) is 0 Å². The Balaban J connectivity index is 2.27. The first kappa shape index (κ1) is 14.5. The number of hydrogen-bond donors (Lipinski definition) is 1. The van der Waals surface area contributed by atoms with E-state index in [-0.39, 0.29) is 11.7 Å². The summed E-state index contributed by atoms with van der Waals surface area (Å²) in [5.41, 5.74) is 8.78. The molecule has 0 aliphatic heterocycles. The topological polar surface area (TPSA) is 43.1 Å². The number of Topliss-reactive ketones (excluding diaryl/α,β-unsaturated/α-hetero) is 1. The van der Waals surface area contributed by atoms with Crippen LogP contribution in [0.2, 0.25) is 0 Å². The molecule has 1 atom stereocenters. The molecule has 0 aromatic heterocycles. The molecule has 0 fully saturated rings. The van der Waals surface area contributed by atoms with Crippen molar-refractivity contribution in [3.8, 4) is 0 Å². The number of hydrogen-bond acceptors (Lipinski definition) is 2. The van der Waals surface area contributed by atoms with Gasteiger partial charge in [-0.2, -0.15) is 0 Å². The summed E-state index contributed by atoms with van der Waals surface area (Å²) in [7, 11) is 0. The third kappa shape index (κ3) is 3.34. The van der Waals surface area contributed by atoms with E-state index < -0.39 is 0 Å². The highest BCUT2D eigenvalue weighted by molar-refractivity contribution is 6.01. The summed E-state index contributed by atoms with van der Waals surface area (Å²) in [6.07, 6.45) is 2.08. The second-order valence-corrected chi connectivity index (χ2v) is 5.01. The SMILES string of the molecule is CCCc1cccc(C(=O)C(CN)c2ccccc2)c1. The molecular weight excluding hydrogens is 246 g/mol. The van der Waals surface area contributed by atoms with Gasteiger partial charge in [0, 0.05) is 12.1 Å². The third-order valence-electron chi connectivity index (χ3n) is 3.50. The van der Waals surface area contributed by atoms with Crippen LogP contribution < -0.4 is 5.73 Å². The van der Waals surface area contributed by atoms with Gasteiger partial charge >= 0.3 is 0 Å². The summed E-state index contributed by atoms with van der Waals surface area (Å²) in [4.78, 5) is 12.7. The van der Waals surface area contributed by atoms with Gasteiger partial charge in [0.2, 0.25) is 0 Å². The first-order chi connectivity index (χ1) is 9.76. The highest BCUT2D eigenvalue weighted by Crippen LogP contribution is 2.21. The summed E-state index contributed by atoms with van der Waals surface area (Å²) in [5.74, 6) is -0.148. The molecule has 0 spiro atoms. The van der Waals surface area contributed by atoms with E-state index in [1.165, 1.54) is 5.56 Å². The van der Waals surface area contributed by atoms with Crippen LogP contribution in [0.4, 0.5) is 0 Å². The minimum atomic E-state index is -0.256. The van der Waals surface area contributed by atoms with Gasteiger partial charge in [0.25, 0.3) is 0 Å². The van der Waals surface area contributed by atoms with Crippen LogP contribution in [0, 0.1) is 0 Å². The second-order valence-electron chi connectivity index (χ2n) is 5.01. The lowest BCUT2D eigenvalue weighted by Crippen LogP contribution is -2.22. The van der Waals surface area contributed by atoms with Gasteiger partial charge in [-0.1, -0.05) is 61.9 Å². The predicted octanol–water partition coefficient (Wildman–Crippen LogP) is 3.56. The zero-order valence-corrected chi connectivity index (χ0v) is 11.9. The molecule has 0 radical (unpaired) electrons. The minimum absolute atomic E-state index is 0.108. The number of benzene rings is 2. The Hall–Kier alpha value is -1.93. The Morgan fingerprint density at radius 3 is 2.50 bits per heavy atom. The summed E-state index contributed by atoms with van der Waals surface area (Å²) >= 11 is 0. The standard InChI is InChI=1S/C18H21NO/c1-2-7-14-8-6-11-16(12-14)18(20)17(13-19)15-9-4-3-5-10-15/h3-6,8-12,17H,2,7,13,19H2,1H3. The lowest BCUT2D eigenvalue weighted by atomic mass is 9.90. The quantitative estimate of drug-likeness (QED) is 0.813. The van der Waals surface area contributed by atoms with Gasteiger partial charge < -0.3 is 5.73 Å². The molecule has 0 saturated carbocycles. The van der Waals surface area contributed by atoms with Crippen LogP contribution in [0.25, 0.3) is 0 Å². The smallest absolute Gasteiger partial charge is 0.171 e. The molecule has 20 heavy (non-hydrogen) atoms. The Bertz CT molecular complexity index is 563. The Morgan fingerprint density at radius 2 is 1.85 bits per heavy atom. The molecule has 0 saturated heterocycles. The number of rotatable bonds is 6. The molecule has 2 aromatic carbocycles. The van der Waals surface area contributed by atoms with Crippen LogP contribution >= 0.6 is 0 Å². The molecule has 0 heterocycles. The van der Waals surface area contributed by atoms with Gasteiger partial charge in [0.15, 0.2) is 5.78 Å². The van der Waals surface area contributed by atoms with Crippen molar-refractivity contribution in [2.24, 2.45) is 5.73 Å². The van der Waals surface area contributed by atoms with Crippen LogP contribution in [0.15, 0.2) is 54.6 Å². The average molecular weight is 267 g/mol. The maximum absolute atomic E-state index is 12.7. The van der Waals surface area contributed by atoms with Gasteiger partial charge in [0.1, 0.15) is 0 Å². The van der Waals surface area contributed by atoms with Gasteiger partial charge in [-0.15, -0.1) is 0 Å². The van der Waals surface area contributed by atoms with Gasteiger partial charge in [0.05, 0.1) is 5.92 Å². The van der Waals surface area contributed by atoms with E-state index in [9.17, 15) is 4.79 Å². The van der Waals surface area contributed by atoms with Crippen molar-refractivity contribution in [2.75, 3.05) is 6.54 Å². The first-order valence-electron chi connectivity index (χ1n) is 7.14. The molecular formula is C18H21NO. The van der Waals surface area contributed by atoms with Crippen molar-refractivity contribution in [1.29, 1.82) is 0 Å². The van der Waals surface area contributed by atoms with E-state index in [1.807, 2.05) is 48.5 Å². The molecule has 2 aromatic rings. The van der Waals surface area contributed by atoms with Crippen molar-refractivity contribution in [2.45, 2.75) is 25.7 Å². The normalized spacial score (nSPS) is 12.1. The number of carbonyl (C=O) groups excluding carboxylic acids is 1. The van der Waals surface area contributed by atoms with Crippen molar-refractivity contribution in [3.05, 3.63) is 71.3 Å². The third-order valence-corrected chi connectivity index (χ3v) is 3.50. The number of ketones is 1. The van der Waals surface area contributed by atoms with Crippen molar-refractivity contribution in [1.82, 2.24) is 0 Å². The van der Waals surface area contributed by atoms with E-state index in [0.717, 1.165) is 24.0 Å². The Kier molecular flexibility index (Phi) is 5.08. The molecule has 2 rings (SSSR count). The first-order valence-corrected chi connectivity index (χ1v) is 7.14. The molecule has 2 nitrogen and oxygen atoms in total. The van der Waals surface area contributed by atoms with Crippen LogP contribution in [-0.2, 0) is 6.42 Å². The van der Waals surface area contributed by atoms with Crippen molar-refractivity contribution < 1.29 is 4.79 Å². The predicted molar refractivity (Wildman–Crippen MR) is 83.0 cm³/mol. The van der Waals surface area contributed by atoms with E-state index in [2.05, 4.69) is 13.0 Å². The van der Waals surface area contributed by atoms with Crippen LogP contribution in [0.1, 0.15) is 40.7 Å². The van der Waals surface area contributed by atoms with Gasteiger partial charge in [-0.3, -0.25) is 4.79 Å². The fourth-order valence-electron chi connectivity index (χ4n) is 2.45. The average Bonchev–Trinajstić information content (AvgIpc) is 2.50. The Morgan fingerprint density at radius 1 is 1.10 bits per heavy atom. The summed E-state index contributed by atoms with van der Waals surface area (Å²) in [6.45, 7) is 2.47. The van der Waals surface area contributed by atoms with Crippen LogP contribution in [0.5, 0.6) is 0 Å². The van der Waals surface area contributed by atoms with Crippen LogP contribution in [-0.4, -0.2) is 12.3 Å². The molecule has 1 unspecified atom stereocenters. The number of carbonyl (C=O) groups is 1. The van der Waals surface area contributed by atoms with E-state index >= 15 is 0 Å². The van der Waals surface area contributed by atoms with E-state index in [0.29, 0.717) is 6.54 Å². The second kappa shape index (κ2) is 7.01. The number of nitrogens with two attached hydrogens (primary N) is 1. The number of aryl methyl sites for hydroxylation is 1. The van der Waals surface area contributed by atoms with Gasteiger partial charge in [-0.25, -0.2) is 0 Å². The lowest BCUT2D eigenvalue weighted by Gasteiger charge is -2.14. The highest BCUT2D eigenvalue weighted by atomic mass is 16.1. The maximum Gasteiger partial charge on any atom is 0.171 e. The fraction of sp³-hybridized carbons (Fsp3) is 0.278. The molecule has 2 N–H and O–H groups in total. The van der Waals surface area contributed by atoms with E-state index in [1.54, 1.807) is 0 Å². The molecule has 2 heteroatoms. The summed E-state index contributed by atoms with van der Waals surface area (Å²) in [5, 5.41) is 0. The largest absolute Gasteiger partial charge is 0.329 e. The molecule has 0 aliphatic carbocycles. The monoisotopic (exact) mass is 267 g/mol. The minimum Gasteiger partial charge on any atom is -0.329 e. The Labute approximate surface area is 120 Å². The molecule has 0 amide bonds. The zero-order valence-electron chi connectivity index (χ0n) is 11.9.